The molecule has 1 aliphatic carbocycles. The Labute approximate surface area is 148 Å². The molecule has 1 saturated carbocycles. The van der Waals surface area contributed by atoms with E-state index in [0.29, 0.717) is 18.8 Å². The maximum Gasteiger partial charge on any atom is 0.268 e. The van der Waals surface area contributed by atoms with E-state index in [1.54, 1.807) is 17.6 Å². The molecule has 0 spiro atoms. The highest BCUT2D eigenvalue weighted by Gasteiger charge is 2.37. The van der Waals surface area contributed by atoms with Gasteiger partial charge >= 0.3 is 0 Å². The van der Waals surface area contributed by atoms with Gasteiger partial charge in [-0.15, -0.1) is 0 Å². The molecule has 25 heavy (non-hydrogen) atoms. The molecule has 1 saturated heterocycles. The van der Waals surface area contributed by atoms with Crippen molar-refractivity contribution in [1.29, 1.82) is 0 Å². The van der Waals surface area contributed by atoms with Gasteiger partial charge in [-0.05, 0) is 31.4 Å². The van der Waals surface area contributed by atoms with Gasteiger partial charge in [0.1, 0.15) is 5.69 Å². The molecule has 7 heteroatoms. The zero-order chi connectivity index (χ0) is 18.0. The lowest BCUT2D eigenvalue weighted by Crippen LogP contribution is -2.60. The summed E-state index contributed by atoms with van der Waals surface area (Å²) in [5.74, 6) is -0.0323. The Kier molecular flexibility index (Phi) is 5.44. The summed E-state index contributed by atoms with van der Waals surface area (Å²) in [4.78, 5) is 28.0. The van der Waals surface area contributed by atoms with Gasteiger partial charge in [-0.1, -0.05) is 0 Å². The Morgan fingerprint density at radius 2 is 1.92 bits per heavy atom. The number of hydrogen-bond acceptors (Lipinski definition) is 4. The monoisotopic (exact) mass is 348 g/mol. The number of aryl methyl sites for hydroxylation is 1. The summed E-state index contributed by atoms with van der Waals surface area (Å²) in [7, 11) is 1.84. The summed E-state index contributed by atoms with van der Waals surface area (Å²) in [6.45, 7) is 4.57. The SMILES string of the molecule is CC(=O)N1CCN([C@@H]2CCC[C@@H](NC(=O)c3cccn3C)[C@H]2O)CC1. The number of amides is 2. The van der Waals surface area contributed by atoms with Crippen LogP contribution in [0.5, 0.6) is 0 Å². The molecule has 0 radical (unpaired) electrons. The highest BCUT2D eigenvalue weighted by atomic mass is 16.3. The zero-order valence-electron chi connectivity index (χ0n) is 15.0. The van der Waals surface area contributed by atoms with Crippen molar-refractivity contribution >= 4 is 11.8 Å². The third kappa shape index (κ3) is 3.88. The molecule has 1 aromatic rings. The average molecular weight is 348 g/mol. The van der Waals surface area contributed by atoms with Gasteiger partial charge in [-0.2, -0.15) is 0 Å². The van der Waals surface area contributed by atoms with Gasteiger partial charge in [0.25, 0.3) is 5.91 Å². The first-order chi connectivity index (χ1) is 12.0. The van der Waals surface area contributed by atoms with E-state index in [2.05, 4.69) is 10.2 Å². The third-order valence-electron chi connectivity index (χ3n) is 5.54. The van der Waals surface area contributed by atoms with Crippen LogP contribution in [-0.4, -0.2) is 75.7 Å². The van der Waals surface area contributed by atoms with Gasteiger partial charge in [0, 0.05) is 52.4 Å². The van der Waals surface area contributed by atoms with Crippen molar-refractivity contribution in [2.24, 2.45) is 7.05 Å². The van der Waals surface area contributed by atoms with Gasteiger partial charge in [0.2, 0.25) is 5.91 Å². The molecule has 0 unspecified atom stereocenters. The van der Waals surface area contributed by atoms with Crippen molar-refractivity contribution in [3.05, 3.63) is 24.0 Å². The first-order valence-electron chi connectivity index (χ1n) is 9.07. The van der Waals surface area contributed by atoms with Gasteiger partial charge in [0.15, 0.2) is 0 Å². The first kappa shape index (κ1) is 17.9. The van der Waals surface area contributed by atoms with Crippen LogP contribution in [0.15, 0.2) is 18.3 Å². The Morgan fingerprint density at radius 3 is 2.52 bits per heavy atom. The van der Waals surface area contributed by atoms with Crippen molar-refractivity contribution in [1.82, 2.24) is 19.7 Å². The third-order valence-corrected chi connectivity index (χ3v) is 5.54. The summed E-state index contributed by atoms with van der Waals surface area (Å²) < 4.78 is 1.78. The topological polar surface area (TPSA) is 77.8 Å². The van der Waals surface area contributed by atoms with Crippen LogP contribution in [-0.2, 0) is 11.8 Å². The lowest BCUT2D eigenvalue weighted by atomic mass is 9.86. The predicted octanol–water partition coefficient (Wildman–Crippen LogP) is 0.201. The largest absolute Gasteiger partial charge is 0.389 e. The molecule has 1 aliphatic heterocycles. The van der Waals surface area contributed by atoms with Gasteiger partial charge in [-0.25, -0.2) is 0 Å². The standard InChI is InChI=1S/C18H28N4O3/c1-13(23)21-9-11-22(12-10-21)15-6-3-5-14(17(15)24)19-18(25)16-7-4-8-20(16)2/h4,7-8,14-15,17,24H,3,5-6,9-12H2,1-2H3,(H,19,25)/t14-,15-,17-/m1/s1. The van der Waals surface area contributed by atoms with Crippen LogP contribution in [0.25, 0.3) is 0 Å². The van der Waals surface area contributed by atoms with E-state index in [1.807, 2.05) is 24.2 Å². The number of rotatable bonds is 3. The highest BCUT2D eigenvalue weighted by Crippen LogP contribution is 2.25. The van der Waals surface area contributed by atoms with Crippen LogP contribution >= 0.6 is 0 Å². The molecule has 2 amide bonds. The molecular weight excluding hydrogens is 320 g/mol. The van der Waals surface area contributed by atoms with Gasteiger partial charge in [-0.3, -0.25) is 14.5 Å². The Balaban J connectivity index is 1.59. The minimum atomic E-state index is -0.582. The Morgan fingerprint density at radius 1 is 1.20 bits per heavy atom. The fourth-order valence-corrected chi connectivity index (χ4v) is 4.02. The molecule has 2 fully saturated rings. The lowest BCUT2D eigenvalue weighted by Gasteiger charge is -2.45. The van der Waals surface area contributed by atoms with Crippen LogP contribution in [0.4, 0.5) is 0 Å². The van der Waals surface area contributed by atoms with E-state index < -0.39 is 6.10 Å². The minimum Gasteiger partial charge on any atom is -0.389 e. The second-order valence-corrected chi connectivity index (χ2v) is 7.12. The molecule has 138 valence electrons. The van der Waals surface area contributed by atoms with Crippen molar-refractivity contribution in [3.8, 4) is 0 Å². The molecule has 0 aromatic carbocycles. The number of aromatic nitrogens is 1. The van der Waals surface area contributed by atoms with Crippen LogP contribution in [0.1, 0.15) is 36.7 Å². The van der Waals surface area contributed by atoms with E-state index in [-0.39, 0.29) is 23.9 Å². The van der Waals surface area contributed by atoms with Gasteiger partial charge < -0.3 is 19.9 Å². The van der Waals surface area contributed by atoms with E-state index in [0.717, 1.165) is 32.4 Å². The summed E-state index contributed by atoms with van der Waals surface area (Å²) in [5, 5.41) is 13.8. The number of piperazine rings is 1. The van der Waals surface area contributed by atoms with Crippen molar-refractivity contribution in [2.75, 3.05) is 26.2 Å². The molecule has 3 rings (SSSR count). The van der Waals surface area contributed by atoms with Crippen LogP contribution in [0, 0.1) is 0 Å². The van der Waals surface area contributed by atoms with Gasteiger partial charge in [0.05, 0.1) is 12.1 Å². The second-order valence-electron chi connectivity index (χ2n) is 7.12. The number of aliphatic hydroxyl groups excluding tert-OH is 1. The smallest absolute Gasteiger partial charge is 0.268 e. The second kappa shape index (κ2) is 7.58. The van der Waals surface area contributed by atoms with Crippen molar-refractivity contribution in [2.45, 2.75) is 44.4 Å². The van der Waals surface area contributed by atoms with E-state index in [4.69, 9.17) is 0 Å². The highest BCUT2D eigenvalue weighted by molar-refractivity contribution is 5.92. The summed E-state index contributed by atoms with van der Waals surface area (Å²) in [6.07, 6.45) is 3.96. The summed E-state index contributed by atoms with van der Waals surface area (Å²) in [5.41, 5.74) is 0.601. The zero-order valence-corrected chi connectivity index (χ0v) is 15.0. The minimum absolute atomic E-state index is 0.0431. The molecule has 1 aromatic heterocycles. The van der Waals surface area contributed by atoms with Crippen LogP contribution < -0.4 is 5.32 Å². The maximum absolute atomic E-state index is 12.4. The number of nitrogens with one attached hydrogen (secondary N) is 1. The summed E-state index contributed by atoms with van der Waals surface area (Å²) in [6, 6.07) is 3.43. The Bertz CT molecular complexity index is 622. The molecule has 0 bridgehead atoms. The molecule has 3 atom stereocenters. The molecule has 7 nitrogen and oxygen atoms in total. The number of hydrogen-bond donors (Lipinski definition) is 2. The number of aliphatic hydroxyl groups is 1. The quantitative estimate of drug-likeness (QED) is 0.818. The fourth-order valence-electron chi connectivity index (χ4n) is 4.02. The molecule has 2 heterocycles. The van der Waals surface area contributed by atoms with E-state index in [9.17, 15) is 14.7 Å². The van der Waals surface area contributed by atoms with Crippen molar-refractivity contribution < 1.29 is 14.7 Å². The first-order valence-corrected chi connectivity index (χ1v) is 9.07. The predicted molar refractivity (Wildman–Crippen MR) is 94.1 cm³/mol. The average Bonchev–Trinajstić information content (AvgIpc) is 3.03. The van der Waals surface area contributed by atoms with E-state index in [1.165, 1.54) is 0 Å². The normalized spacial score (nSPS) is 28.0. The molecular formula is C18H28N4O3. The number of carbonyl (C=O) groups is 2. The van der Waals surface area contributed by atoms with E-state index >= 15 is 0 Å². The number of nitrogens with zero attached hydrogens (tertiary/aromatic N) is 3. The molecule has 2 aliphatic rings. The lowest BCUT2D eigenvalue weighted by molar-refractivity contribution is -0.131. The van der Waals surface area contributed by atoms with Crippen LogP contribution in [0.2, 0.25) is 0 Å². The fraction of sp³-hybridized carbons (Fsp3) is 0.667. The maximum atomic E-state index is 12.4. The van der Waals surface area contributed by atoms with Crippen molar-refractivity contribution in [3.63, 3.8) is 0 Å². The van der Waals surface area contributed by atoms with Crippen LogP contribution in [0.3, 0.4) is 0 Å². The number of carbonyl (C=O) groups excluding carboxylic acids is 2. The Hall–Kier alpha value is -1.86. The summed E-state index contributed by atoms with van der Waals surface area (Å²) >= 11 is 0. The molecule has 2 N–H and O–H groups in total.